The fraction of sp³-hybridized carbons (Fsp3) is 0.304. The standard InChI is InChI=1S/C23H21NO5/c1-4-29-22(28)17-16-13(10-23(2,3)11-14(16)25)24-19-18(17)20(26)15(21(19)27)12-8-6-5-7-9-12/h5-9,26H,4,10-11H2,1-3H3. The molecule has 1 aromatic carbocycles. The molecule has 0 fully saturated rings. The fourth-order valence-electron chi connectivity index (χ4n) is 4.13. The topological polar surface area (TPSA) is 93.6 Å². The number of Topliss-reactive ketones (excluding diaryl/α,β-unsaturated/α-hetero) is 2. The summed E-state index contributed by atoms with van der Waals surface area (Å²) >= 11 is 0. The summed E-state index contributed by atoms with van der Waals surface area (Å²) in [6, 6.07) is 8.71. The first-order chi connectivity index (χ1) is 13.7. The maximum absolute atomic E-state index is 13.2. The highest BCUT2D eigenvalue weighted by molar-refractivity contribution is 6.39. The van der Waals surface area contributed by atoms with Crippen molar-refractivity contribution in [3.8, 4) is 0 Å². The van der Waals surface area contributed by atoms with Crippen LogP contribution in [0.15, 0.2) is 30.3 Å². The van der Waals surface area contributed by atoms with E-state index in [1.807, 2.05) is 13.8 Å². The number of aliphatic hydroxyl groups is 1. The van der Waals surface area contributed by atoms with Crippen molar-refractivity contribution in [1.82, 2.24) is 4.98 Å². The lowest BCUT2D eigenvalue weighted by atomic mass is 9.74. The van der Waals surface area contributed by atoms with Crippen LogP contribution in [0.25, 0.3) is 11.3 Å². The molecule has 6 nitrogen and oxygen atoms in total. The maximum Gasteiger partial charge on any atom is 0.339 e. The van der Waals surface area contributed by atoms with Crippen LogP contribution in [0.4, 0.5) is 0 Å². The van der Waals surface area contributed by atoms with Gasteiger partial charge in [-0.1, -0.05) is 44.2 Å². The summed E-state index contributed by atoms with van der Waals surface area (Å²) in [4.78, 5) is 43.4. The lowest BCUT2D eigenvalue weighted by molar-refractivity contribution is 0.0520. The number of benzene rings is 1. The van der Waals surface area contributed by atoms with Gasteiger partial charge in [0.15, 0.2) is 5.78 Å². The Balaban J connectivity index is 2.02. The van der Waals surface area contributed by atoms with Gasteiger partial charge in [0.2, 0.25) is 5.78 Å². The summed E-state index contributed by atoms with van der Waals surface area (Å²) in [5, 5.41) is 11.0. The molecule has 1 N–H and O–H groups in total. The Morgan fingerprint density at radius 2 is 1.83 bits per heavy atom. The summed E-state index contributed by atoms with van der Waals surface area (Å²) in [6.07, 6.45) is 0.694. The van der Waals surface area contributed by atoms with Gasteiger partial charge in [-0.15, -0.1) is 0 Å². The molecule has 2 aromatic rings. The van der Waals surface area contributed by atoms with Crippen molar-refractivity contribution < 1.29 is 24.2 Å². The van der Waals surface area contributed by atoms with E-state index in [1.165, 1.54) is 0 Å². The van der Waals surface area contributed by atoms with E-state index in [0.717, 1.165) is 0 Å². The first kappa shape index (κ1) is 19.1. The second-order valence-corrected chi connectivity index (χ2v) is 8.11. The van der Waals surface area contributed by atoms with E-state index >= 15 is 0 Å². The van der Waals surface area contributed by atoms with Crippen LogP contribution in [0, 0.1) is 5.41 Å². The summed E-state index contributed by atoms with van der Waals surface area (Å²) in [6.45, 7) is 5.65. The molecule has 4 rings (SSSR count). The molecule has 29 heavy (non-hydrogen) atoms. The zero-order valence-corrected chi connectivity index (χ0v) is 16.5. The molecule has 0 spiro atoms. The lowest BCUT2D eigenvalue weighted by Gasteiger charge is -2.30. The van der Waals surface area contributed by atoms with E-state index in [4.69, 9.17) is 4.74 Å². The highest BCUT2D eigenvalue weighted by Gasteiger charge is 2.43. The zero-order valence-electron chi connectivity index (χ0n) is 16.5. The Labute approximate surface area is 168 Å². The van der Waals surface area contributed by atoms with Gasteiger partial charge in [-0.2, -0.15) is 0 Å². The number of hydrogen-bond donors (Lipinski definition) is 1. The van der Waals surface area contributed by atoms with Gasteiger partial charge in [0.1, 0.15) is 11.5 Å². The molecule has 2 aliphatic rings. The van der Waals surface area contributed by atoms with Crippen LogP contribution in [0.1, 0.15) is 75.2 Å². The minimum atomic E-state index is -0.732. The summed E-state index contributed by atoms with van der Waals surface area (Å²) in [7, 11) is 0. The van der Waals surface area contributed by atoms with E-state index in [9.17, 15) is 19.5 Å². The number of rotatable bonds is 3. The molecule has 1 heterocycles. The van der Waals surface area contributed by atoms with Crippen molar-refractivity contribution in [3.63, 3.8) is 0 Å². The average Bonchev–Trinajstić information content (AvgIpc) is 2.90. The molecular weight excluding hydrogens is 370 g/mol. The van der Waals surface area contributed by atoms with Crippen molar-refractivity contribution in [1.29, 1.82) is 0 Å². The number of ether oxygens (including phenoxy) is 1. The number of esters is 1. The van der Waals surface area contributed by atoms with Gasteiger partial charge in [0.25, 0.3) is 0 Å². The molecule has 0 radical (unpaired) electrons. The number of ketones is 2. The van der Waals surface area contributed by atoms with Crippen LogP contribution in [-0.4, -0.2) is 34.2 Å². The number of aliphatic hydroxyl groups excluding tert-OH is 1. The van der Waals surface area contributed by atoms with E-state index in [0.29, 0.717) is 17.7 Å². The molecule has 6 heteroatoms. The third-order valence-electron chi connectivity index (χ3n) is 5.29. The van der Waals surface area contributed by atoms with E-state index < -0.39 is 11.8 Å². The van der Waals surface area contributed by atoms with Crippen molar-refractivity contribution in [3.05, 3.63) is 64.0 Å². The Hall–Kier alpha value is -3.28. The van der Waals surface area contributed by atoms with Crippen LogP contribution >= 0.6 is 0 Å². The van der Waals surface area contributed by atoms with Gasteiger partial charge < -0.3 is 9.84 Å². The van der Waals surface area contributed by atoms with Crippen molar-refractivity contribution in [2.75, 3.05) is 6.61 Å². The smallest absolute Gasteiger partial charge is 0.339 e. The molecule has 1 aromatic heterocycles. The monoisotopic (exact) mass is 391 g/mol. The lowest BCUT2D eigenvalue weighted by Crippen LogP contribution is -2.31. The summed E-state index contributed by atoms with van der Waals surface area (Å²) in [5.41, 5.74) is 0.770. The average molecular weight is 391 g/mol. The maximum atomic E-state index is 13.2. The van der Waals surface area contributed by atoms with E-state index in [2.05, 4.69) is 4.98 Å². The third kappa shape index (κ3) is 2.95. The normalized spacial score (nSPS) is 17.2. The predicted molar refractivity (Wildman–Crippen MR) is 107 cm³/mol. The number of pyridine rings is 1. The van der Waals surface area contributed by atoms with Gasteiger partial charge in [0, 0.05) is 6.42 Å². The summed E-state index contributed by atoms with van der Waals surface area (Å²) in [5.74, 6) is -1.77. The number of nitrogens with zero attached hydrogens (tertiary/aromatic N) is 1. The van der Waals surface area contributed by atoms with Gasteiger partial charge in [-0.05, 0) is 24.3 Å². The SMILES string of the molecule is CCOC(=O)c1c2c(nc3c1C(O)=C(c1ccccc1)C3=O)CC(C)(C)CC2=O. The van der Waals surface area contributed by atoms with Crippen LogP contribution in [0.2, 0.25) is 0 Å². The molecule has 0 saturated carbocycles. The van der Waals surface area contributed by atoms with Crippen LogP contribution < -0.4 is 0 Å². The molecular formula is C23H21NO5. The van der Waals surface area contributed by atoms with E-state index in [1.54, 1.807) is 37.3 Å². The van der Waals surface area contributed by atoms with Gasteiger partial charge >= 0.3 is 5.97 Å². The van der Waals surface area contributed by atoms with Crippen LogP contribution in [-0.2, 0) is 11.2 Å². The zero-order chi connectivity index (χ0) is 20.9. The van der Waals surface area contributed by atoms with Crippen molar-refractivity contribution >= 4 is 28.9 Å². The molecule has 0 aliphatic heterocycles. The van der Waals surface area contributed by atoms with Gasteiger partial charge in [-0.3, -0.25) is 9.59 Å². The number of carbonyl (C=O) groups is 3. The largest absolute Gasteiger partial charge is 0.506 e. The second kappa shape index (κ2) is 6.65. The summed E-state index contributed by atoms with van der Waals surface area (Å²) < 4.78 is 5.18. The first-order valence-corrected chi connectivity index (χ1v) is 9.56. The molecule has 0 unspecified atom stereocenters. The minimum absolute atomic E-state index is 0.000825. The first-order valence-electron chi connectivity index (χ1n) is 9.56. The minimum Gasteiger partial charge on any atom is -0.506 e. The van der Waals surface area contributed by atoms with Crippen LogP contribution in [0.5, 0.6) is 0 Å². The highest BCUT2D eigenvalue weighted by Crippen LogP contribution is 2.43. The Morgan fingerprint density at radius 3 is 2.48 bits per heavy atom. The molecule has 2 aliphatic carbocycles. The predicted octanol–water partition coefficient (Wildman–Crippen LogP) is 4.04. The molecule has 0 bridgehead atoms. The van der Waals surface area contributed by atoms with Crippen molar-refractivity contribution in [2.24, 2.45) is 5.41 Å². The molecule has 0 amide bonds. The molecule has 0 saturated heterocycles. The van der Waals surface area contributed by atoms with Crippen molar-refractivity contribution in [2.45, 2.75) is 33.6 Å². The molecule has 0 atom stereocenters. The van der Waals surface area contributed by atoms with Gasteiger partial charge in [-0.25, -0.2) is 9.78 Å². The highest BCUT2D eigenvalue weighted by atomic mass is 16.5. The Bertz CT molecular complexity index is 1100. The number of fused-ring (bicyclic) bond motifs is 2. The second-order valence-electron chi connectivity index (χ2n) is 8.11. The third-order valence-corrected chi connectivity index (χ3v) is 5.29. The Kier molecular flexibility index (Phi) is 4.37. The number of allylic oxidation sites excluding steroid dienone is 1. The number of hydrogen-bond acceptors (Lipinski definition) is 6. The Morgan fingerprint density at radius 1 is 1.14 bits per heavy atom. The number of carbonyl (C=O) groups excluding carboxylic acids is 3. The quantitative estimate of drug-likeness (QED) is 0.794. The number of aromatic nitrogens is 1. The molecule has 148 valence electrons. The fourth-order valence-corrected chi connectivity index (χ4v) is 4.13. The van der Waals surface area contributed by atoms with E-state index in [-0.39, 0.29) is 57.9 Å². The van der Waals surface area contributed by atoms with Crippen LogP contribution in [0.3, 0.4) is 0 Å². The van der Waals surface area contributed by atoms with Gasteiger partial charge in [0.05, 0.1) is 34.6 Å².